The van der Waals surface area contributed by atoms with E-state index in [1.165, 1.54) is 11.8 Å². The molecule has 2 aromatic carbocycles. The molecule has 1 aliphatic rings. The molecule has 8 heteroatoms. The van der Waals surface area contributed by atoms with Crippen molar-refractivity contribution >= 4 is 35.0 Å². The van der Waals surface area contributed by atoms with E-state index in [0.717, 1.165) is 11.1 Å². The lowest BCUT2D eigenvalue weighted by Crippen LogP contribution is -2.42. The molecule has 1 aliphatic heterocycles. The average molecular weight is 451 g/mol. The second kappa shape index (κ2) is 10.8. The fourth-order valence-corrected chi connectivity index (χ4v) is 3.82. The number of likely N-dealkylation sites (N-methyl/N-ethyl adjacent to an activating group) is 1. The normalized spacial score (nSPS) is 15.3. The van der Waals surface area contributed by atoms with E-state index in [4.69, 9.17) is 0 Å². The van der Waals surface area contributed by atoms with Gasteiger partial charge >= 0.3 is 0 Å². The fourth-order valence-electron chi connectivity index (χ4n) is 3.82. The van der Waals surface area contributed by atoms with Gasteiger partial charge in [-0.1, -0.05) is 29.8 Å². The fraction of sp³-hybridized carbons (Fsp3) is 0.360. The summed E-state index contributed by atoms with van der Waals surface area (Å²) >= 11 is 0. The van der Waals surface area contributed by atoms with Crippen LogP contribution in [-0.2, 0) is 25.7 Å². The Bertz CT molecular complexity index is 1020. The predicted molar refractivity (Wildman–Crippen MR) is 126 cm³/mol. The molecule has 2 N–H and O–H groups in total. The highest BCUT2D eigenvalue weighted by Crippen LogP contribution is 2.22. The summed E-state index contributed by atoms with van der Waals surface area (Å²) in [6, 6.07) is 14.7. The van der Waals surface area contributed by atoms with Gasteiger partial charge in [-0.15, -0.1) is 0 Å². The van der Waals surface area contributed by atoms with Gasteiger partial charge in [-0.25, -0.2) is 0 Å². The first-order valence-electron chi connectivity index (χ1n) is 11.0. The molecule has 4 amide bonds. The lowest BCUT2D eigenvalue weighted by atomic mass is 10.1. The van der Waals surface area contributed by atoms with Crippen LogP contribution < -0.4 is 10.6 Å². The largest absolute Gasteiger partial charge is 0.338 e. The van der Waals surface area contributed by atoms with Gasteiger partial charge in [0.25, 0.3) is 0 Å². The van der Waals surface area contributed by atoms with Crippen LogP contribution in [0.15, 0.2) is 48.5 Å². The lowest BCUT2D eigenvalue weighted by molar-refractivity contribution is -0.138. The molecular formula is C25H30N4O4. The Kier molecular flexibility index (Phi) is 7.82. The molecule has 0 aromatic heterocycles. The zero-order valence-corrected chi connectivity index (χ0v) is 19.3. The van der Waals surface area contributed by atoms with Crippen molar-refractivity contribution in [2.24, 2.45) is 5.92 Å². The molecule has 0 radical (unpaired) electrons. The van der Waals surface area contributed by atoms with Gasteiger partial charge in [0, 0.05) is 44.4 Å². The number of nitrogens with one attached hydrogen (secondary N) is 2. The molecule has 174 valence electrons. The second-order valence-electron chi connectivity index (χ2n) is 8.32. The zero-order chi connectivity index (χ0) is 24.0. The van der Waals surface area contributed by atoms with Crippen molar-refractivity contribution < 1.29 is 19.2 Å². The topological polar surface area (TPSA) is 98.8 Å². The van der Waals surface area contributed by atoms with Gasteiger partial charge in [0.2, 0.25) is 23.6 Å². The Morgan fingerprint density at radius 1 is 1.00 bits per heavy atom. The third kappa shape index (κ3) is 6.65. The van der Waals surface area contributed by atoms with Crippen molar-refractivity contribution in [2.75, 3.05) is 30.3 Å². The number of nitrogens with zero attached hydrogens (tertiary/aromatic N) is 2. The second-order valence-corrected chi connectivity index (χ2v) is 8.32. The quantitative estimate of drug-likeness (QED) is 0.646. The number of anilines is 2. The highest BCUT2D eigenvalue weighted by molar-refractivity contribution is 5.96. The molecule has 1 heterocycles. The van der Waals surface area contributed by atoms with Gasteiger partial charge in [-0.05, 0) is 43.7 Å². The standard InChI is InChI=1S/C25H30N4O4/c1-4-28(16-23(31)27-22-11-9-21(10-12-22)26-18(3)30)25(33)20-13-24(32)29(15-20)14-19-7-5-17(2)6-8-19/h5-12,20H,4,13-16H2,1-3H3,(H,26,30)(H,27,31)/t20-/m1/s1. The van der Waals surface area contributed by atoms with Crippen LogP contribution >= 0.6 is 0 Å². The molecule has 0 saturated carbocycles. The van der Waals surface area contributed by atoms with E-state index in [-0.39, 0.29) is 36.6 Å². The number of aryl methyl sites for hydroxylation is 1. The van der Waals surface area contributed by atoms with E-state index in [1.54, 1.807) is 29.2 Å². The third-order valence-electron chi connectivity index (χ3n) is 5.57. The minimum Gasteiger partial charge on any atom is -0.338 e. The number of likely N-dealkylation sites (tertiary alicyclic amines) is 1. The van der Waals surface area contributed by atoms with Crippen LogP contribution in [0.4, 0.5) is 11.4 Å². The summed E-state index contributed by atoms with van der Waals surface area (Å²) in [4.78, 5) is 52.3. The number of carbonyl (C=O) groups excluding carboxylic acids is 4. The minimum absolute atomic E-state index is 0.0475. The first-order chi connectivity index (χ1) is 15.7. The van der Waals surface area contributed by atoms with Crippen LogP contribution in [0.2, 0.25) is 0 Å². The summed E-state index contributed by atoms with van der Waals surface area (Å²) in [6.07, 6.45) is 0.160. The first kappa shape index (κ1) is 24.0. The molecule has 0 spiro atoms. The zero-order valence-electron chi connectivity index (χ0n) is 19.3. The Morgan fingerprint density at radius 2 is 1.61 bits per heavy atom. The molecular weight excluding hydrogens is 420 g/mol. The lowest BCUT2D eigenvalue weighted by Gasteiger charge is -2.24. The maximum atomic E-state index is 13.0. The maximum absolute atomic E-state index is 13.0. The number of benzene rings is 2. The van der Waals surface area contributed by atoms with E-state index in [0.29, 0.717) is 31.0 Å². The molecule has 0 unspecified atom stereocenters. The van der Waals surface area contributed by atoms with Crippen LogP contribution in [0.5, 0.6) is 0 Å². The van der Waals surface area contributed by atoms with E-state index >= 15 is 0 Å². The van der Waals surface area contributed by atoms with Crippen LogP contribution in [-0.4, -0.2) is 53.1 Å². The van der Waals surface area contributed by atoms with Crippen LogP contribution in [0.25, 0.3) is 0 Å². The van der Waals surface area contributed by atoms with Crippen molar-refractivity contribution in [1.82, 2.24) is 9.80 Å². The van der Waals surface area contributed by atoms with Gasteiger partial charge in [0.1, 0.15) is 0 Å². The van der Waals surface area contributed by atoms with E-state index in [9.17, 15) is 19.2 Å². The van der Waals surface area contributed by atoms with Gasteiger partial charge in [0.15, 0.2) is 0 Å². The maximum Gasteiger partial charge on any atom is 0.243 e. The molecule has 0 bridgehead atoms. The molecule has 1 saturated heterocycles. The van der Waals surface area contributed by atoms with Crippen LogP contribution in [0.3, 0.4) is 0 Å². The number of amides is 4. The molecule has 33 heavy (non-hydrogen) atoms. The summed E-state index contributed by atoms with van der Waals surface area (Å²) in [6.45, 7) is 6.36. The molecule has 1 fully saturated rings. The number of rotatable bonds is 8. The van der Waals surface area contributed by atoms with Gasteiger partial charge < -0.3 is 20.4 Å². The van der Waals surface area contributed by atoms with E-state index in [2.05, 4.69) is 10.6 Å². The van der Waals surface area contributed by atoms with Gasteiger partial charge in [-0.3, -0.25) is 19.2 Å². The van der Waals surface area contributed by atoms with Crippen molar-refractivity contribution in [3.8, 4) is 0 Å². The summed E-state index contributed by atoms with van der Waals surface area (Å²) in [7, 11) is 0. The summed E-state index contributed by atoms with van der Waals surface area (Å²) < 4.78 is 0. The Morgan fingerprint density at radius 3 is 2.18 bits per heavy atom. The molecule has 0 aliphatic carbocycles. The number of carbonyl (C=O) groups is 4. The average Bonchev–Trinajstić information content (AvgIpc) is 3.14. The van der Waals surface area contributed by atoms with E-state index in [1.807, 2.05) is 38.1 Å². The number of hydrogen-bond donors (Lipinski definition) is 2. The summed E-state index contributed by atoms with van der Waals surface area (Å²) in [5.74, 6) is -1.18. The van der Waals surface area contributed by atoms with Crippen LogP contribution in [0.1, 0.15) is 31.4 Å². The third-order valence-corrected chi connectivity index (χ3v) is 5.57. The monoisotopic (exact) mass is 450 g/mol. The van der Waals surface area contributed by atoms with Crippen molar-refractivity contribution in [3.05, 3.63) is 59.7 Å². The Balaban J connectivity index is 1.54. The SMILES string of the molecule is CCN(CC(=O)Nc1ccc(NC(C)=O)cc1)C(=O)[C@@H]1CC(=O)N(Cc2ccc(C)cc2)C1. The smallest absolute Gasteiger partial charge is 0.243 e. The molecule has 2 aromatic rings. The molecule has 8 nitrogen and oxygen atoms in total. The highest BCUT2D eigenvalue weighted by Gasteiger charge is 2.36. The summed E-state index contributed by atoms with van der Waals surface area (Å²) in [5.41, 5.74) is 3.38. The summed E-state index contributed by atoms with van der Waals surface area (Å²) in [5, 5.41) is 5.43. The molecule has 1 atom stereocenters. The number of hydrogen-bond acceptors (Lipinski definition) is 4. The van der Waals surface area contributed by atoms with Gasteiger partial charge in [-0.2, -0.15) is 0 Å². The Hall–Kier alpha value is -3.68. The van der Waals surface area contributed by atoms with Crippen molar-refractivity contribution in [3.63, 3.8) is 0 Å². The van der Waals surface area contributed by atoms with Gasteiger partial charge in [0.05, 0.1) is 12.5 Å². The molecule has 3 rings (SSSR count). The Labute approximate surface area is 193 Å². The van der Waals surface area contributed by atoms with Crippen molar-refractivity contribution in [1.29, 1.82) is 0 Å². The highest BCUT2D eigenvalue weighted by atomic mass is 16.2. The minimum atomic E-state index is -0.451. The van der Waals surface area contributed by atoms with Crippen molar-refractivity contribution in [2.45, 2.75) is 33.7 Å². The predicted octanol–water partition coefficient (Wildman–Crippen LogP) is 2.79. The van der Waals surface area contributed by atoms with Crippen LogP contribution in [0, 0.1) is 12.8 Å². The van der Waals surface area contributed by atoms with E-state index < -0.39 is 5.92 Å². The first-order valence-corrected chi connectivity index (χ1v) is 11.0.